The van der Waals surface area contributed by atoms with Crippen LogP contribution in [0.15, 0.2) is 87.6 Å². The lowest BCUT2D eigenvalue weighted by molar-refractivity contribution is 0.0949. The van der Waals surface area contributed by atoms with Gasteiger partial charge < -0.3 is 10.6 Å². The summed E-state index contributed by atoms with van der Waals surface area (Å²) in [6.07, 6.45) is 2.86. The minimum atomic E-state index is -3.25. The van der Waals surface area contributed by atoms with Crippen LogP contribution < -0.4 is 10.6 Å². The third kappa shape index (κ3) is 5.00. The molecule has 0 fully saturated rings. The van der Waals surface area contributed by atoms with Gasteiger partial charge in [-0.15, -0.1) is 11.3 Å². The molecule has 176 valence electrons. The first-order valence-electron chi connectivity index (χ1n) is 10.5. The van der Waals surface area contributed by atoms with Crippen molar-refractivity contribution < 1.29 is 18.0 Å². The summed E-state index contributed by atoms with van der Waals surface area (Å²) in [6, 6.07) is 19.2. The van der Waals surface area contributed by atoms with Gasteiger partial charge in [0, 0.05) is 38.2 Å². The van der Waals surface area contributed by atoms with Crippen LogP contribution in [0, 0.1) is 0 Å². The Labute approximate surface area is 210 Å². The molecule has 0 aliphatic carbocycles. The summed E-state index contributed by atoms with van der Waals surface area (Å²) < 4.78 is 23.3. The molecule has 5 rings (SSSR count). The highest BCUT2D eigenvalue weighted by Gasteiger charge is 2.21. The number of aromatic nitrogens is 1. The molecule has 1 aliphatic heterocycles. The third-order valence-electron chi connectivity index (χ3n) is 5.35. The second-order valence-electron chi connectivity index (χ2n) is 7.87. The summed E-state index contributed by atoms with van der Waals surface area (Å²) >= 11 is 2.91. The maximum Gasteiger partial charge on any atom is 0.256 e. The summed E-state index contributed by atoms with van der Waals surface area (Å²) in [5.41, 5.74) is 2.45. The van der Waals surface area contributed by atoms with E-state index in [1.54, 1.807) is 48.7 Å². The van der Waals surface area contributed by atoms with E-state index in [1.165, 1.54) is 29.4 Å². The number of thiazole rings is 1. The second-order valence-corrected chi connectivity index (χ2v) is 12.1. The number of fused-ring (bicyclic) bond motifs is 2. The Hall–Kier alpha value is -3.47. The van der Waals surface area contributed by atoms with E-state index in [1.807, 2.05) is 24.3 Å². The molecule has 2 N–H and O–H groups in total. The number of carbonyl (C=O) groups is 2. The van der Waals surface area contributed by atoms with Gasteiger partial charge in [-0.25, -0.2) is 13.4 Å². The molecule has 1 aliphatic rings. The molecule has 3 aromatic carbocycles. The zero-order valence-electron chi connectivity index (χ0n) is 18.4. The van der Waals surface area contributed by atoms with Gasteiger partial charge in [-0.1, -0.05) is 36.0 Å². The van der Waals surface area contributed by atoms with Crippen molar-refractivity contribution in [1.82, 2.24) is 10.3 Å². The standard InChI is InChI=1S/C25H19N3O4S3/c1-35(31,32)18-9-6-15(7-10-18)25-27-14-17(33-25)13-26-23(29)16-8-11-22-20(12-16)28-24(30)19-4-2-3-5-21(19)34-22/h2-12,14H,13H2,1H3,(H,26,29)(H,28,30). The van der Waals surface area contributed by atoms with E-state index in [4.69, 9.17) is 0 Å². The normalized spacial score (nSPS) is 12.8. The van der Waals surface area contributed by atoms with Crippen LogP contribution in [0.2, 0.25) is 0 Å². The van der Waals surface area contributed by atoms with Gasteiger partial charge in [0.15, 0.2) is 9.84 Å². The number of carbonyl (C=O) groups excluding carboxylic acids is 2. The van der Waals surface area contributed by atoms with Gasteiger partial charge in [0.1, 0.15) is 5.01 Å². The quantitative estimate of drug-likeness (QED) is 0.389. The highest BCUT2D eigenvalue weighted by molar-refractivity contribution is 7.99. The fourth-order valence-corrected chi connectivity index (χ4v) is 6.04. The molecule has 0 radical (unpaired) electrons. The predicted octanol–water partition coefficient (Wildman–Crippen LogP) is 4.86. The third-order valence-corrected chi connectivity index (χ3v) is 8.67. The van der Waals surface area contributed by atoms with E-state index in [2.05, 4.69) is 15.6 Å². The Morgan fingerprint density at radius 1 is 1.03 bits per heavy atom. The van der Waals surface area contributed by atoms with Crippen molar-refractivity contribution in [3.8, 4) is 10.6 Å². The lowest BCUT2D eigenvalue weighted by Gasteiger charge is -2.09. The molecule has 0 atom stereocenters. The van der Waals surface area contributed by atoms with Gasteiger partial charge in [-0.3, -0.25) is 9.59 Å². The Bertz CT molecular complexity index is 1560. The number of amides is 2. The van der Waals surface area contributed by atoms with Crippen molar-refractivity contribution in [1.29, 1.82) is 0 Å². The lowest BCUT2D eigenvalue weighted by Crippen LogP contribution is -2.22. The van der Waals surface area contributed by atoms with E-state index in [0.29, 0.717) is 23.4 Å². The number of anilines is 1. The van der Waals surface area contributed by atoms with E-state index in [-0.39, 0.29) is 16.7 Å². The Morgan fingerprint density at radius 3 is 2.57 bits per heavy atom. The van der Waals surface area contributed by atoms with Crippen LogP contribution >= 0.6 is 23.1 Å². The molecule has 10 heteroatoms. The van der Waals surface area contributed by atoms with Crippen molar-refractivity contribution in [3.63, 3.8) is 0 Å². The maximum atomic E-state index is 12.8. The van der Waals surface area contributed by atoms with Crippen LogP contribution in [0.25, 0.3) is 10.6 Å². The second kappa shape index (κ2) is 9.29. The fraction of sp³-hybridized carbons (Fsp3) is 0.0800. The number of rotatable bonds is 5. The molecule has 35 heavy (non-hydrogen) atoms. The van der Waals surface area contributed by atoms with Gasteiger partial charge in [0.25, 0.3) is 11.8 Å². The zero-order chi connectivity index (χ0) is 24.6. The number of nitrogens with one attached hydrogen (secondary N) is 2. The van der Waals surface area contributed by atoms with Crippen molar-refractivity contribution in [2.24, 2.45) is 0 Å². The Morgan fingerprint density at radius 2 is 1.80 bits per heavy atom. The van der Waals surface area contributed by atoms with Crippen LogP contribution in [0.3, 0.4) is 0 Å². The predicted molar refractivity (Wildman–Crippen MR) is 137 cm³/mol. The van der Waals surface area contributed by atoms with E-state index in [9.17, 15) is 18.0 Å². The van der Waals surface area contributed by atoms with Gasteiger partial charge >= 0.3 is 0 Å². The summed E-state index contributed by atoms with van der Waals surface area (Å²) in [7, 11) is -3.25. The fourth-order valence-electron chi connectivity index (χ4n) is 3.55. The molecule has 2 heterocycles. The average molecular weight is 522 g/mol. The number of sulfone groups is 1. The van der Waals surface area contributed by atoms with Gasteiger partial charge in [0.05, 0.1) is 22.7 Å². The SMILES string of the molecule is CS(=O)(=O)c1ccc(-c2ncc(CNC(=O)c3ccc4c(c3)NC(=O)c3ccccc3S4)s2)cc1. The van der Waals surface area contributed by atoms with Gasteiger partial charge in [-0.05, 0) is 42.5 Å². The first-order chi connectivity index (χ1) is 16.8. The average Bonchev–Trinajstić information content (AvgIpc) is 3.27. The van der Waals surface area contributed by atoms with Crippen LogP contribution in [-0.2, 0) is 16.4 Å². The summed E-state index contributed by atoms with van der Waals surface area (Å²) in [5, 5.41) is 6.52. The van der Waals surface area contributed by atoms with Gasteiger partial charge in [0.2, 0.25) is 0 Å². The molecule has 0 unspecified atom stereocenters. The summed E-state index contributed by atoms with van der Waals surface area (Å²) in [6.45, 7) is 0.293. The van der Waals surface area contributed by atoms with E-state index >= 15 is 0 Å². The Kier molecular flexibility index (Phi) is 6.18. The van der Waals surface area contributed by atoms with E-state index < -0.39 is 9.84 Å². The highest BCUT2D eigenvalue weighted by atomic mass is 32.2. The highest BCUT2D eigenvalue weighted by Crippen LogP contribution is 2.39. The largest absolute Gasteiger partial charge is 0.347 e. The molecule has 0 bridgehead atoms. The number of benzene rings is 3. The summed E-state index contributed by atoms with van der Waals surface area (Å²) in [4.78, 5) is 32.6. The van der Waals surface area contributed by atoms with Crippen LogP contribution in [-0.4, -0.2) is 31.5 Å². The van der Waals surface area contributed by atoms with Crippen LogP contribution in [0.4, 0.5) is 5.69 Å². The molecule has 7 nitrogen and oxygen atoms in total. The molecule has 1 aromatic heterocycles. The van der Waals surface area contributed by atoms with E-state index in [0.717, 1.165) is 25.2 Å². The van der Waals surface area contributed by atoms with Crippen molar-refractivity contribution in [3.05, 3.63) is 88.9 Å². The minimum Gasteiger partial charge on any atom is -0.347 e. The molecule has 4 aromatic rings. The van der Waals surface area contributed by atoms with Gasteiger partial charge in [-0.2, -0.15) is 0 Å². The number of nitrogens with zero attached hydrogens (tertiary/aromatic N) is 1. The molecule has 0 saturated heterocycles. The number of hydrogen-bond donors (Lipinski definition) is 2. The first-order valence-corrected chi connectivity index (χ1v) is 14.1. The lowest BCUT2D eigenvalue weighted by atomic mass is 10.1. The Balaban J connectivity index is 1.27. The molecule has 0 saturated carbocycles. The first kappa shape index (κ1) is 23.3. The van der Waals surface area contributed by atoms with Crippen molar-refractivity contribution in [2.45, 2.75) is 21.2 Å². The van der Waals surface area contributed by atoms with Crippen LogP contribution in [0.5, 0.6) is 0 Å². The van der Waals surface area contributed by atoms with Crippen LogP contribution in [0.1, 0.15) is 25.6 Å². The molecular formula is C25H19N3O4S3. The topological polar surface area (TPSA) is 105 Å². The van der Waals surface area contributed by atoms with Crippen molar-refractivity contribution in [2.75, 3.05) is 11.6 Å². The van der Waals surface area contributed by atoms with Crippen molar-refractivity contribution >= 4 is 50.4 Å². The smallest absolute Gasteiger partial charge is 0.256 e. The maximum absolute atomic E-state index is 12.8. The zero-order valence-corrected chi connectivity index (χ0v) is 20.9. The molecule has 0 spiro atoms. The monoisotopic (exact) mass is 521 g/mol. The molecule has 2 amide bonds. The summed E-state index contributed by atoms with van der Waals surface area (Å²) in [5.74, 6) is -0.465. The minimum absolute atomic E-state index is 0.203. The number of hydrogen-bond acceptors (Lipinski definition) is 7. The molecular weight excluding hydrogens is 502 g/mol.